The van der Waals surface area contributed by atoms with Crippen molar-refractivity contribution in [2.75, 3.05) is 0 Å². The van der Waals surface area contributed by atoms with Gasteiger partial charge in [-0.2, -0.15) is 0 Å². The second-order valence-corrected chi connectivity index (χ2v) is 9.69. The first kappa shape index (κ1) is 21.4. The van der Waals surface area contributed by atoms with Crippen LogP contribution in [-0.4, -0.2) is 11.1 Å². The highest BCUT2D eigenvalue weighted by Crippen LogP contribution is 2.46. The van der Waals surface area contributed by atoms with E-state index in [9.17, 15) is 9.90 Å². The minimum absolute atomic E-state index is 0.162. The van der Waals surface area contributed by atoms with Crippen LogP contribution in [-0.2, 0) is 17.3 Å². The molecule has 0 aliphatic heterocycles. The standard InChI is InChI=1S/C27H34O2/c1-6-7-10-20-17-23-24(27(4,5)16-15-26(23,2)3)18-21(20)14-13-19-11-8-9-12-22(19)25(28)29/h8-9,11-14,17-18H,6-7,10,15-16H2,1-5H3,(H,28,29). The number of carboxylic acids is 1. The van der Waals surface area contributed by atoms with E-state index in [1.165, 1.54) is 35.1 Å². The van der Waals surface area contributed by atoms with Crippen LogP contribution >= 0.6 is 0 Å². The predicted octanol–water partition coefficient (Wildman–Crippen LogP) is 7.25. The lowest BCUT2D eigenvalue weighted by Gasteiger charge is -2.42. The third-order valence-electron chi connectivity index (χ3n) is 6.55. The maximum Gasteiger partial charge on any atom is 0.336 e. The quantitative estimate of drug-likeness (QED) is 0.528. The van der Waals surface area contributed by atoms with E-state index in [0.717, 1.165) is 24.8 Å². The van der Waals surface area contributed by atoms with Crippen LogP contribution in [0.25, 0.3) is 12.2 Å². The molecule has 2 nitrogen and oxygen atoms in total. The molecule has 3 rings (SSSR count). The minimum atomic E-state index is -0.884. The van der Waals surface area contributed by atoms with Crippen molar-refractivity contribution in [3.05, 3.63) is 69.8 Å². The van der Waals surface area contributed by atoms with Gasteiger partial charge in [-0.1, -0.05) is 83.5 Å². The van der Waals surface area contributed by atoms with Gasteiger partial charge in [0.2, 0.25) is 0 Å². The van der Waals surface area contributed by atoms with Gasteiger partial charge < -0.3 is 5.11 Å². The van der Waals surface area contributed by atoms with E-state index in [0.29, 0.717) is 5.56 Å². The summed E-state index contributed by atoms with van der Waals surface area (Å²) < 4.78 is 0. The molecular formula is C27H34O2. The summed E-state index contributed by atoms with van der Waals surface area (Å²) in [7, 11) is 0. The van der Waals surface area contributed by atoms with Crippen LogP contribution in [0.4, 0.5) is 0 Å². The fraction of sp³-hybridized carbons (Fsp3) is 0.444. The largest absolute Gasteiger partial charge is 0.478 e. The zero-order valence-electron chi connectivity index (χ0n) is 18.5. The molecule has 0 unspecified atom stereocenters. The maximum atomic E-state index is 11.6. The second kappa shape index (κ2) is 8.18. The van der Waals surface area contributed by atoms with E-state index >= 15 is 0 Å². The van der Waals surface area contributed by atoms with Crippen LogP contribution in [0, 0.1) is 0 Å². The molecule has 2 heteroatoms. The number of unbranched alkanes of at least 4 members (excludes halogenated alkanes) is 1. The lowest BCUT2D eigenvalue weighted by atomic mass is 9.62. The first-order chi connectivity index (χ1) is 13.7. The molecule has 0 spiro atoms. The number of carbonyl (C=O) groups is 1. The van der Waals surface area contributed by atoms with Crippen LogP contribution in [0.1, 0.15) is 98.5 Å². The summed E-state index contributed by atoms with van der Waals surface area (Å²) in [6.07, 6.45) is 9.85. The van der Waals surface area contributed by atoms with Gasteiger partial charge >= 0.3 is 5.97 Å². The van der Waals surface area contributed by atoms with Crippen molar-refractivity contribution in [3.8, 4) is 0 Å². The second-order valence-electron chi connectivity index (χ2n) is 9.69. The van der Waals surface area contributed by atoms with E-state index in [1.807, 2.05) is 18.2 Å². The lowest BCUT2D eigenvalue weighted by Crippen LogP contribution is -2.34. The van der Waals surface area contributed by atoms with Gasteiger partial charge in [0.05, 0.1) is 5.56 Å². The van der Waals surface area contributed by atoms with Crippen LogP contribution in [0.5, 0.6) is 0 Å². The summed E-state index contributed by atoms with van der Waals surface area (Å²) in [6.45, 7) is 11.6. The molecule has 0 heterocycles. The molecule has 1 aliphatic rings. The predicted molar refractivity (Wildman–Crippen MR) is 123 cm³/mol. The highest BCUT2D eigenvalue weighted by Gasteiger charge is 2.37. The zero-order valence-corrected chi connectivity index (χ0v) is 18.5. The third kappa shape index (κ3) is 4.47. The topological polar surface area (TPSA) is 37.3 Å². The summed E-state index contributed by atoms with van der Waals surface area (Å²) >= 11 is 0. The smallest absolute Gasteiger partial charge is 0.336 e. The van der Waals surface area contributed by atoms with Gasteiger partial charge in [0.25, 0.3) is 0 Å². The van der Waals surface area contributed by atoms with Crippen molar-refractivity contribution in [2.45, 2.75) is 77.6 Å². The van der Waals surface area contributed by atoms with Crippen molar-refractivity contribution in [2.24, 2.45) is 0 Å². The van der Waals surface area contributed by atoms with Gasteiger partial charge in [-0.05, 0) is 70.4 Å². The van der Waals surface area contributed by atoms with E-state index < -0.39 is 5.97 Å². The molecule has 0 fully saturated rings. The summed E-state index contributed by atoms with van der Waals surface area (Å²) in [5.74, 6) is -0.884. The molecule has 0 aromatic heterocycles. The minimum Gasteiger partial charge on any atom is -0.478 e. The van der Waals surface area contributed by atoms with Crippen LogP contribution in [0.3, 0.4) is 0 Å². The van der Waals surface area contributed by atoms with Crippen molar-refractivity contribution in [1.29, 1.82) is 0 Å². The summed E-state index contributed by atoms with van der Waals surface area (Å²) in [4.78, 5) is 11.6. The van der Waals surface area contributed by atoms with Crippen molar-refractivity contribution in [3.63, 3.8) is 0 Å². The fourth-order valence-electron chi connectivity index (χ4n) is 4.43. The first-order valence-electron chi connectivity index (χ1n) is 10.8. The zero-order chi connectivity index (χ0) is 21.2. The van der Waals surface area contributed by atoms with Gasteiger partial charge in [-0.15, -0.1) is 0 Å². The average Bonchev–Trinajstić information content (AvgIpc) is 2.68. The SMILES string of the molecule is CCCCc1cc2c(cc1C=Cc1ccccc1C(=O)O)C(C)(C)CCC2(C)C. The number of carboxylic acid groups (broad SMARTS) is 1. The Bertz CT molecular complexity index is 932. The monoisotopic (exact) mass is 390 g/mol. The maximum absolute atomic E-state index is 11.6. The molecular weight excluding hydrogens is 356 g/mol. The van der Waals surface area contributed by atoms with Crippen molar-refractivity contribution < 1.29 is 9.90 Å². The number of benzene rings is 2. The van der Waals surface area contributed by atoms with E-state index in [4.69, 9.17) is 0 Å². The summed E-state index contributed by atoms with van der Waals surface area (Å²) in [6, 6.07) is 12.0. The van der Waals surface area contributed by atoms with Gasteiger partial charge in [-0.3, -0.25) is 0 Å². The van der Waals surface area contributed by atoms with Gasteiger partial charge in [0.15, 0.2) is 0 Å². The average molecular weight is 391 g/mol. The van der Waals surface area contributed by atoms with Crippen LogP contribution in [0.15, 0.2) is 36.4 Å². The Labute approximate surface area is 175 Å². The number of fused-ring (bicyclic) bond motifs is 1. The molecule has 0 saturated carbocycles. The van der Waals surface area contributed by atoms with E-state index in [-0.39, 0.29) is 10.8 Å². The Balaban J connectivity index is 2.12. The summed E-state index contributed by atoms with van der Waals surface area (Å²) in [5, 5.41) is 9.48. The third-order valence-corrected chi connectivity index (χ3v) is 6.55. The van der Waals surface area contributed by atoms with E-state index in [1.54, 1.807) is 12.1 Å². The first-order valence-corrected chi connectivity index (χ1v) is 10.8. The molecule has 0 bridgehead atoms. The van der Waals surface area contributed by atoms with Crippen molar-refractivity contribution >= 4 is 18.1 Å². The van der Waals surface area contributed by atoms with Crippen LogP contribution < -0.4 is 0 Å². The molecule has 2 aromatic carbocycles. The number of rotatable bonds is 6. The highest BCUT2D eigenvalue weighted by molar-refractivity contribution is 5.93. The van der Waals surface area contributed by atoms with E-state index in [2.05, 4.69) is 52.8 Å². The number of aromatic carboxylic acids is 1. The molecule has 0 amide bonds. The summed E-state index contributed by atoms with van der Waals surface area (Å²) in [5.41, 5.74) is 6.99. The molecule has 0 atom stereocenters. The Kier molecular flexibility index (Phi) is 6.03. The van der Waals surface area contributed by atoms with Crippen LogP contribution in [0.2, 0.25) is 0 Å². The van der Waals surface area contributed by atoms with Gasteiger partial charge in [-0.25, -0.2) is 4.79 Å². The molecule has 154 valence electrons. The lowest BCUT2D eigenvalue weighted by molar-refractivity contribution is 0.0696. The molecule has 1 aliphatic carbocycles. The molecule has 2 aromatic rings. The Morgan fingerprint density at radius 2 is 1.55 bits per heavy atom. The van der Waals surface area contributed by atoms with Gasteiger partial charge in [0, 0.05) is 0 Å². The Morgan fingerprint density at radius 3 is 2.17 bits per heavy atom. The van der Waals surface area contributed by atoms with Crippen molar-refractivity contribution in [1.82, 2.24) is 0 Å². The highest BCUT2D eigenvalue weighted by atomic mass is 16.4. The normalized spacial score (nSPS) is 17.3. The fourth-order valence-corrected chi connectivity index (χ4v) is 4.43. The Morgan fingerprint density at radius 1 is 0.966 bits per heavy atom. The van der Waals surface area contributed by atoms with Gasteiger partial charge in [0.1, 0.15) is 0 Å². The molecule has 29 heavy (non-hydrogen) atoms. The molecule has 0 saturated heterocycles. The molecule has 0 radical (unpaired) electrons. The Hall–Kier alpha value is -2.35. The number of hydrogen-bond acceptors (Lipinski definition) is 1. The molecule has 1 N–H and O–H groups in total. The number of aryl methyl sites for hydroxylation is 1. The number of hydrogen-bond donors (Lipinski definition) is 1.